The molecule has 0 saturated heterocycles. The highest BCUT2D eigenvalue weighted by Crippen LogP contribution is 2.39. The van der Waals surface area contributed by atoms with Gasteiger partial charge in [0.05, 0.1) is 17.2 Å². The number of thiazole rings is 1. The molecule has 3 rings (SSSR count). The van der Waals surface area contributed by atoms with Crippen LogP contribution in [0.15, 0.2) is 24.3 Å². The molecule has 4 heteroatoms. The van der Waals surface area contributed by atoms with Gasteiger partial charge in [-0.2, -0.15) is 0 Å². The van der Waals surface area contributed by atoms with Crippen molar-refractivity contribution >= 4 is 17.1 Å². The Bertz CT molecular complexity index is 688. The van der Waals surface area contributed by atoms with Crippen LogP contribution in [0.5, 0.6) is 0 Å². The highest BCUT2D eigenvalue weighted by atomic mass is 32.1. The zero-order chi connectivity index (χ0) is 15.0. The van der Waals surface area contributed by atoms with Crippen molar-refractivity contribution in [3.63, 3.8) is 0 Å². The summed E-state index contributed by atoms with van der Waals surface area (Å²) in [5, 5.41) is 0.934. The van der Waals surface area contributed by atoms with Gasteiger partial charge in [0.2, 0.25) is 0 Å². The molecular weight excluding hydrogens is 282 g/mol. The van der Waals surface area contributed by atoms with E-state index in [9.17, 15) is 4.79 Å². The third-order valence-corrected chi connectivity index (χ3v) is 4.91. The molecule has 0 radical (unpaired) electrons. The number of aromatic nitrogens is 1. The van der Waals surface area contributed by atoms with Crippen LogP contribution in [-0.4, -0.2) is 17.9 Å². The van der Waals surface area contributed by atoms with E-state index in [2.05, 4.69) is 19.9 Å². The fraction of sp³-hybridized carbons (Fsp3) is 0.412. The maximum absolute atomic E-state index is 12.3. The van der Waals surface area contributed by atoms with Gasteiger partial charge in [-0.1, -0.05) is 32.0 Å². The van der Waals surface area contributed by atoms with Crippen LogP contribution in [0.4, 0.5) is 0 Å². The summed E-state index contributed by atoms with van der Waals surface area (Å²) in [6.07, 6.45) is 1.49. The van der Waals surface area contributed by atoms with Gasteiger partial charge in [0, 0.05) is 19.1 Å². The molecule has 0 spiro atoms. The first-order valence-corrected chi connectivity index (χ1v) is 7.91. The minimum absolute atomic E-state index is 0.0212. The van der Waals surface area contributed by atoms with Gasteiger partial charge in [0.1, 0.15) is 5.01 Å². The summed E-state index contributed by atoms with van der Waals surface area (Å²) >= 11 is 1.52. The fourth-order valence-electron chi connectivity index (χ4n) is 2.80. The Labute approximate surface area is 129 Å². The van der Waals surface area contributed by atoms with Crippen LogP contribution in [0.2, 0.25) is 0 Å². The van der Waals surface area contributed by atoms with Crippen LogP contribution < -0.4 is 0 Å². The van der Waals surface area contributed by atoms with Crippen molar-refractivity contribution in [1.29, 1.82) is 0 Å². The molecule has 0 saturated carbocycles. The third-order valence-electron chi connectivity index (χ3n) is 3.72. The zero-order valence-electron chi connectivity index (χ0n) is 12.6. The first-order chi connectivity index (χ1) is 9.98. The molecule has 0 fully saturated rings. The molecule has 110 valence electrons. The Morgan fingerprint density at radius 3 is 2.90 bits per heavy atom. The number of Topliss-reactive ketones (excluding diaryl/α,β-unsaturated/α-hetero) is 1. The van der Waals surface area contributed by atoms with E-state index >= 15 is 0 Å². The number of carbonyl (C=O) groups excluding carboxylic acids is 1. The number of hydrogen-bond donors (Lipinski definition) is 0. The van der Waals surface area contributed by atoms with Gasteiger partial charge in [0.15, 0.2) is 5.78 Å². The number of rotatable bonds is 3. The molecule has 1 aromatic carbocycles. The maximum atomic E-state index is 12.3. The smallest absolute Gasteiger partial charge is 0.175 e. The lowest BCUT2D eigenvalue weighted by Gasteiger charge is -2.26. The molecule has 1 aromatic heterocycles. The number of ketones is 1. The molecule has 0 aliphatic heterocycles. The van der Waals surface area contributed by atoms with Crippen LogP contribution in [0.25, 0.3) is 10.6 Å². The van der Waals surface area contributed by atoms with Gasteiger partial charge in [-0.25, -0.2) is 4.98 Å². The molecule has 0 atom stereocenters. The summed E-state index contributed by atoms with van der Waals surface area (Å²) in [6, 6.07) is 8.17. The summed E-state index contributed by atoms with van der Waals surface area (Å²) < 4.78 is 5.17. The van der Waals surface area contributed by atoms with Gasteiger partial charge in [-0.3, -0.25) is 4.79 Å². The zero-order valence-corrected chi connectivity index (χ0v) is 13.4. The number of benzene rings is 1. The first kappa shape index (κ1) is 14.4. The van der Waals surface area contributed by atoms with Crippen LogP contribution in [-0.2, 0) is 17.8 Å². The van der Waals surface area contributed by atoms with Gasteiger partial charge < -0.3 is 4.74 Å². The van der Waals surface area contributed by atoms with E-state index in [4.69, 9.17) is 9.72 Å². The molecule has 0 bridgehead atoms. The SMILES string of the molecule is COCc1cccc(-c2nc3c(s2)C(=O)CC(C)(C)C3)c1. The fourth-order valence-corrected chi connectivity index (χ4v) is 3.82. The topological polar surface area (TPSA) is 39.2 Å². The highest BCUT2D eigenvalue weighted by molar-refractivity contribution is 7.17. The molecule has 0 unspecified atom stereocenters. The van der Waals surface area contributed by atoms with Crippen molar-refractivity contribution < 1.29 is 9.53 Å². The second-order valence-corrected chi connectivity index (χ2v) is 7.37. The van der Waals surface area contributed by atoms with Crippen molar-refractivity contribution in [3.8, 4) is 10.6 Å². The lowest BCUT2D eigenvalue weighted by Crippen LogP contribution is -2.25. The second kappa shape index (κ2) is 5.35. The summed E-state index contributed by atoms with van der Waals surface area (Å²) in [7, 11) is 1.69. The third kappa shape index (κ3) is 2.92. The van der Waals surface area contributed by atoms with E-state index in [-0.39, 0.29) is 11.2 Å². The Morgan fingerprint density at radius 1 is 1.33 bits per heavy atom. The van der Waals surface area contributed by atoms with Gasteiger partial charge in [-0.15, -0.1) is 11.3 Å². The van der Waals surface area contributed by atoms with E-state index in [1.54, 1.807) is 7.11 Å². The first-order valence-electron chi connectivity index (χ1n) is 7.10. The van der Waals surface area contributed by atoms with Crippen molar-refractivity contribution in [2.24, 2.45) is 5.41 Å². The molecule has 1 aliphatic rings. The van der Waals surface area contributed by atoms with E-state index in [0.29, 0.717) is 13.0 Å². The van der Waals surface area contributed by atoms with Crippen LogP contribution >= 0.6 is 11.3 Å². The second-order valence-electron chi connectivity index (χ2n) is 6.37. The number of nitrogens with zero attached hydrogens (tertiary/aromatic N) is 1. The number of ether oxygens (including phenoxy) is 1. The van der Waals surface area contributed by atoms with E-state index in [0.717, 1.165) is 33.1 Å². The maximum Gasteiger partial charge on any atom is 0.175 e. The Morgan fingerprint density at radius 2 is 2.14 bits per heavy atom. The average molecular weight is 301 g/mol. The number of fused-ring (bicyclic) bond motifs is 1. The monoisotopic (exact) mass is 301 g/mol. The standard InChI is InChI=1S/C17H19NO2S/c1-17(2)8-13-15(14(19)9-17)21-16(18-13)12-6-4-5-11(7-12)10-20-3/h4-7H,8-10H2,1-3H3. The molecule has 3 nitrogen and oxygen atoms in total. The number of methoxy groups -OCH3 is 1. The molecule has 1 heterocycles. The molecular formula is C17H19NO2S. The van der Waals surface area contributed by atoms with Gasteiger partial charge in [0.25, 0.3) is 0 Å². The van der Waals surface area contributed by atoms with Crippen molar-refractivity contribution in [2.75, 3.05) is 7.11 Å². The van der Waals surface area contributed by atoms with E-state index in [1.165, 1.54) is 11.3 Å². The van der Waals surface area contributed by atoms with Crippen LogP contribution in [0, 0.1) is 5.41 Å². The number of hydrogen-bond acceptors (Lipinski definition) is 4. The average Bonchev–Trinajstić information content (AvgIpc) is 2.82. The predicted molar refractivity (Wildman–Crippen MR) is 84.7 cm³/mol. The van der Waals surface area contributed by atoms with Crippen LogP contribution in [0.1, 0.15) is 41.2 Å². The largest absolute Gasteiger partial charge is 0.380 e. The predicted octanol–water partition coefficient (Wildman–Crippen LogP) is 4.11. The van der Waals surface area contributed by atoms with Crippen molar-refractivity contribution in [1.82, 2.24) is 4.98 Å². The van der Waals surface area contributed by atoms with Crippen molar-refractivity contribution in [3.05, 3.63) is 40.4 Å². The lowest BCUT2D eigenvalue weighted by atomic mass is 9.78. The normalized spacial score (nSPS) is 16.8. The number of carbonyl (C=O) groups is 1. The Balaban J connectivity index is 1.98. The molecule has 0 amide bonds. The quantitative estimate of drug-likeness (QED) is 0.856. The van der Waals surface area contributed by atoms with E-state index in [1.807, 2.05) is 18.2 Å². The van der Waals surface area contributed by atoms with Gasteiger partial charge >= 0.3 is 0 Å². The molecule has 2 aromatic rings. The molecule has 0 N–H and O–H groups in total. The Kier molecular flexibility index (Phi) is 3.68. The van der Waals surface area contributed by atoms with Gasteiger partial charge in [-0.05, 0) is 23.5 Å². The summed E-state index contributed by atoms with van der Waals surface area (Å²) in [5.74, 6) is 0.234. The summed E-state index contributed by atoms with van der Waals surface area (Å²) in [4.78, 5) is 17.8. The summed E-state index contributed by atoms with van der Waals surface area (Å²) in [6.45, 7) is 4.85. The van der Waals surface area contributed by atoms with Crippen LogP contribution in [0.3, 0.4) is 0 Å². The molecule has 21 heavy (non-hydrogen) atoms. The lowest BCUT2D eigenvalue weighted by molar-refractivity contribution is 0.0916. The Hall–Kier alpha value is -1.52. The highest BCUT2D eigenvalue weighted by Gasteiger charge is 2.33. The minimum atomic E-state index is 0.0212. The van der Waals surface area contributed by atoms with E-state index < -0.39 is 0 Å². The molecule has 1 aliphatic carbocycles. The minimum Gasteiger partial charge on any atom is -0.380 e. The summed E-state index contributed by atoms with van der Waals surface area (Å²) in [5.41, 5.74) is 3.17. The van der Waals surface area contributed by atoms with Crippen molar-refractivity contribution in [2.45, 2.75) is 33.3 Å².